The van der Waals surface area contributed by atoms with Gasteiger partial charge in [0.1, 0.15) is 5.82 Å². The molecule has 0 saturated carbocycles. The minimum absolute atomic E-state index is 0.0522. The van der Waals surface area contributed by atoms with Crippen LogP contribution in [0.5, 0.6) is 0 Å². The first-order chi connectivity index (χ1) is 6.66. The standard InChI is InChI=1S/C9H10IN3O/c10-6-1-2-8(12-4-6)13-5-7(11)3-9(13)14/h1-2,4,7H,3,5,11H2. The number of rotatable bonds is 1. The molecule has 14 heavy (non-hydrogen) atoms. The van der Waals surface area contributed by atoms with Crippen LogP contribution >= 0.6 is 22.6 Å². The summed E-state index contributed by atoms with van der Waals surface area (Å²) in [6.07, 6.45) is 2.17. The Morgan fingerprint density at radius 2 is 2.36 bits per heavy atom. The molecule has 0 aliphatic carbocycles. The highest BCUT2D eigenvalue weighted by Crippen LogP contribution is 2.18. The van der Waals surface area contributed by atoms with E-state index >= 15 is 0 Å². The number of carbonyl (C=O) groups is 1. The first kappa shape index (κ1) is 9.85. The second-order valence-electron chi connectivity index (χ2n) is 3.30. The van der Waals surface area contributed by atoms with Gasteiger partial charge in [-0.1, -0.05) is 0 Å². The molecule has 1 atom stereocenters. The van der Waals surface area contributed by atoms with Crippen LogP contribution in [0.2, 0.25) is 0 Å². The van der Waals surface area contributed by atoms with Crippen LogP contribution in [0.1, 0.15) is 6.42 Å². The lowest BCUT2D eigenvalue weighted by Crippen LogP contribution is -2.28. The summed E-state index contributed by atoms with van der Waals surface area (Å²) >= 11 is 2.18. The molecular formula is C9H10IN3O. The van der Waals surface area contributed by atoms with Crippen LogP contribution in [-0.4, -0.2) is 23.5 Å². The third-order valence-electron chi connectivity index (χ3n) is 2.14. The van der Waals surface area contributed by atoms with Crippen LogP contribution in [0.3, 0.4) is 0 Å². The average Bonchev–Trinajstić information content (AvgIpc) is 2.47. The van der Waals surface area contributed by atoms with Crippen molar-refractivity contribution in [2.75, 3.05) is 11.4 Å². The molecule has 1 aromatic rings. The highest BCUT2D eigenvalue weighted by atomic mass is 127. The summed E-state index contributed by atoms with van der Waals surface area (Å²) in [7, 11) is 0. The van der Waals surface area contributed by atoms with Crippen LogP contribution in [0, 0.1) is 3.57 Å². The highest BCUT2D eigenvalue weighted by Gasteiger charge is 2.28. The lowest BCUT2D eigenvalue weighted by atomic mass is 10.3. The maximum absolute atomic E-state index is 11.5. The van der Waals surface area contributed by atoms with E-state index in [1.54, 1.807) is 11.1 Å². The fraction of sp³-hybridized carbons (Fsp3) is 0.333. The zero-order chi connectivity index (χ0) is 10.1. The quantitative estimate of drug-likeness (QED) is 0.779. The van der Waals surface area contributed by atoms with Gasteiger partial charge in [-0.15, -0.1) is 0 Å². The molecule has 2 heterocycles. The van der Waals surface area contributed by atoms with E-state index in [0.717, 1.165) is 3.57 Å². The minimum atomic E-state index is -0.0522. The van der Waals surface area contributed by atoms with Gasteiger partial charge in [-0.25, -0.2) is 4.98 Å². The molecule has 0 bridgehead atoms. The van der Waals surface area contributed by atoms with E-state index in [0.29, 0.717) is 18.8 Å². The van der Waals surface area contributed by atoms with Gasteiger partial charge in [-0.05, 0) is 34.7 Å². The number of aromatic nitrogens is 1. The number of amides is 1. The van der Waals surface area contributed by atoms with Crippen molar-refractivity contribution in [2.45, 2.75) is 12.5 Å². The van der Waals surface area contributed by atoms with Crippen LogP contribution in [0.15, 0.2) is 18.3 Å². The van der Waals surface area contributed by atoms with E-state index in [-0.39, 0.29) is 11.9 Å². The fourth-order valence-electron chi connectivity index (χ4n) is 1.48. The molecule has 1 amide bonds. The molecule has 74 valence electrons. The topological polar surface area (TPSA) is 59.2 Å². The minimum Gasteiger partial charge on any atom is -0.326 e. The summed E-state index contributed by atoms with van der Waals surface area (Å²) in [6.45, 7) is 0.576. The number of halogens is 1. The molecule has 1 aliphatic rings. The number of nitrogens with zero attached hydrogens (tertiary/aromatic N) is 2. The number of hydrogen-bond acceptors (Lipinski definition) is 3. The van der Waals surface area contributed by atoms with Crippen molar-refractivity contribution in [3.8, 4) is 0 Å². The number of anilines is 1. The summed E-state index contributed by atoms with van der Waals surface area (Å²) in [4.78, 5) is 17.3. The van der Waals surface area contributed by atoms with Crippen molar-refractivity contribution in [1.82, 2.24) is 4.98 Å². The van der Waals surface area contributed by atoms with Crippen molar-refractivity contribution < 1.29 is 4.79 Å². The summed E-state index contributed by atoms with van der Waals surface area (Å²) in [5.41, 5.74) is 5.69. The third-order valence-corrected chi connectivity index (χ3v) is 2.78. The Morgan fingerprint density at radius 1 is 1.57 bits per heavy atom. The Kier molecular flexibility index (Phi) is 2.69. The van der Waals surface area contributed by atoms with Gasteiger partial charge >= 0.3 is 0 Å². The van der Waals surface area contributed by atoms with E-state index in [1.165, 1.54) is 0 Å². The first-order valence-electron chi connectivity index (χ1n) is 4.34. The number of hydrogen-bond donors (Lipinski definition) is 1. The molecule has 1 aliphatic heterocycles. The maximum atomic E-state index is 11.5. The maximum Gasteiger partial charge on any atom is 0.229 e. The van der Waals surface area contributed by atoms with Gasteiger partial charge in [0.05, 0.1) is 0 Å². The van der Waals surface area contributed by atoms with E-state index in [1.807, 2.05) is 12.1 Å². The number of nitrogens with two attached hydrogens (primary N) is 1. The normalized spacial score (nSPS) is 21.7. The summed E-state index contributed by atoms with van der Waals surface area (Å²) in [6, 6.07) is 3.72. The van der Waals surface area contributed by atoms with Gasteiger partial charge in [0.15, 0.2) is 0 Å². The van der Waals surface area contributed by atoms with Crippen LogP contribution in [0.25, 0.3) is 0 Å². The Labute approximate surface area is 95.6 Å². The molecule has 2 rings (SSSR count). The highest BCUT2D eigenvalue weighted by molar-refractivity contribution is 14.1. The molecule has 1 saturated heterocycles. The molecule has 4 nitrogen and oxygen atoms in total. The molecule has 0 aromatic carbocycles. The Morgan fingerprint density at radius 3 is 2.86 bits per heavy atom. The zero-order valence-electron chi connectivity index (χ0n) is 7.48. The second kappa shape index (κ2) is 3.82. The van der Waals surface area contributed by atoms with Gasteiger partial charge in [0, 0.05) is 28.8 Å². The summed E-state index contributed by atoms with van der Waals surface area (Å²) < 4.78 is 1.06. The lowest BCUT2D eigenvalue weighted by Gasteiger charge is -2.14. The Hall–Kier alpha value is -0.690. The fourth-order valence-corrected chi connectivity index (χ4v) is 1.80. The molecule has 1 unspecified atom stereocenters. The predicted molar refractivity (Wildman–Crippen MR) is 61.9 cm³/mol. The molecule has 5 heteroatoms. The van der Waals surface area contributed by atoms with Crippen molar-refractivity contribution in [2.24, 2.45) is 5.73 Å². The van der Waals surface area contributed by atoms with E-state index in [4.69, 9.17) is 5.73 Å². The summed E-state index contributed by atoms with van der Waals surface area (Å²) in [5.74, 6) is 0.759. The molecule has 0 spiro atoms. The molecule has 1 aromatic heterocycles. The van der Waals surface area contributed by atoms with E-state index < -0.39 is 0 Å². The van der Waals surface area contributed by atoms with Crippen LogP contribution < -0.4 is 10.6 Å². The third kappa shape index (κ3) is 1.88. The monoisotopic (exact) mass is 303 g/mol. The SMILES string of the molecule is NC1CC(=O)N(c2ccc(I)cn2)C1. The van der Waals surface area contributed by atoms with Gasteiger partial charge < -0.3 is 5.73 Å². The zero-order valence-corrected chi connectivity index (χ0v) is 9.64. The van der Waals surface area contributed by atoms with E-state index in [2.05, 4.69) is 27.6 Å². The van der Waals surface area contributed by atoms with Crippen LogP contribution in [-0.2, 0) is 4.79 Å². The van der Waals surface area contributed by atoms with Crippen molar-refractivity contribution in [3.63, 3.8) is 0 Å². The Bertz CT molecular complexity index is 352. The van der Waals surface area contributed by atoms with Crippen molar-refractivity contribution in [3.05, 3.63) is 21.9 Å². The molecule has 0 radical (unpaired) electrons. The molecular weight excluding hydrogens is 293 g/mol. The van der Waals surface area contributed by atoms with Gasteiger partial charge in [0.2, 0.25) is 5.91 Å². The van der Waals surface area contributed by atoms with Gasteiger partial charge in [-0.3, -0.25) is 9.69 Å². The number of carbonyl (C=O) groups excluding carboxylic acids is 1. The van der Waals surface area contributed by atoms with Gasteiger partial charge in [0.25, 0.3) is 0 Å². The predicted octanol–water partition coefficient (Wildman–Crippen LogP) is 0.750. The van der Waals surface area contributed by atoms with Gasteiger partial charge in [-0.2, -0.15) is 0 Å². The van der Waals surface area contributed by atoms with E-state index in [9.17, 15) is 4.79 Å². The smallest absolute Gasteiger partial charge is 0.229 e. The average molecular weight is 303 g/mol. The summed E-state index contributed by atoms with van der Waals surface area (Å²) in [5, 5.41) is 0. The molecule has 1 fully saturated rings. The largest absolute Gasteiger partial charge is 0.326 e. The lowest BCUT2D eigenvalue weighted by molar-refractivity contribution is -0.117. The Balaban J connectivity index is 2.23. The first-order valence-corrected chi connectivity index (χ1v) is 5.42. The second-order valence-corrected chi connectivity index (χ2v) is 4.55. The number of pyridine rings is 1. The van der Waals surface area contributed by atoms with Crippen molar-refractivity contribution >= 4 is 34.3 Å². The van der Waals surface area contributed by atoms with Crippen LogP contribution in [0.4, 0.5) is 5.82 Å². The van der Waals surface area contributed by atoms with Crippen molar-refractivity contribution in [1.29, 1.82) is 0 Å². The molecule has 2 N–H and O–H groups in total.